The molecule has 1 saturated heterocycles. The average molecular weight is 552 g/mol. The second-order valence-corrected chi connectivity index (χ2v) is 12.0. The van der Waals surface area contributed by atoms with Crippen molar-refractivity contribution in [1.29, 1.82) is 5.41 Å². The van der Waals surface area contributed by atoms with E-state index in [1.165, 1.54) is 12.3 Å². The number of pyridine rings is 2. The van der Waals surface area contributed by atoms with Crippen molar-refractivity contribution in [1.82, 2.24) is 20.2 Å². The lowest BCUT2D eigenvalue weighted by Gasteiger charge is -2.45. The molecule has 11 heteroatoms. The predicted molar refractivity (Wildman–Crippen MR) is 150 cm³/mol. The fourth-order valence-electron chi connectivity index (χ4n) is 4.62. The van der Waals surface area contributed by atoms with Crippen LogP contribution < -0.4 is 5.32 Å². The van der Waals surface area contributed by atoms with Crippen LogP contribution in [-0.4, -0.2) is 65.2 Å². The monoisotopic (exact) mass is 551 g/mol. The van der Waals surface area contributed by atoms with Gasteiger partial charge in [0.15, 0.2) is 5.37 Å². The van der Waals surface area contributed by atoms with E-state index in [4.69, 9.17) is 5.41 Å². The molecule has 1 aliphatic rings. The third-order valence-corrected chi connectivity index (χ3v) is 8.51. The molecular weight excluding hydrogens is 518 g/mol. The fraction of sp³-hybridized carbons (Fsp3) is 0.357. The zero-order valence-corrected chi connectivity index (χ0v) is 22.7. The van der Waals surface area contributed by atoms with Gasteiger partial charge in [-0.2, -0.15) is 0 Å². The number of likely N-dealkylation sites (tertiary alicyclic amines) is 1. The third kappa shape index (κ3) is 6.32. The van der Waals surface area contributed by atoms with Gasteiger partial charge in [-0.1, -0.05) is 44.2 Å². The molecule has 0 spiro atoms. The minimum atomic E-state index is -3.97. The van der Waals surface area contributed by atoms with Crippen molar-refractivity contribution >= 4 is 44.8 Å². The van der Waals surface area contributed by atoms with E-state index in [9.17, 15) is 23.5 Å². The highest BCUT2D eigenvalue weighted by Gasteiger charge is 2.45. The summed E-state index contributed by atoms with van der Waals surface area (Å²) >= 11 is 0. The molecule has 4 N–H and O–H groups in total. The number of hydrogen-bond donors (Lipinski definition) is 4. The van der Waals surface area contributed by atoms with Gasteiger partial charge in [-0.15, -0.1) is 10.6 Å². The average Bonchev–Trinajstić information content (AvgIpc) is 2.92. The Balaban J connectivity index is 1.69. The molecule has 4 rings (SSSR count). The summed E-state index contributed by atoms with van der Waals surface area (Å²) in [5.74, 6) is -2.03. The number of benzene rings is 1. The smallest absolute Gasteiger partial charge is 0.270 e. The molecule has 2 atom stereocenters. The number of carbonyl (C=O) groups excluding carboxylic acids is 3. The Hall–Kier alpha value is -3.67. The maximum absolute atomic E-state index is 14.1. The Bertz CT molecular complexity index is 1380. The van der Waals surface area contributed by atoms with Crippen molar-refractivity contribution in [3.8, 4) is 0 Å². The second kappa shape index (κ2) is 12.0. The van der Waals surface area contributed by atoms with Crippen LogP contribution in [0.5, 0.6) is 0 Å². The van der Waals surface area contributed by atoms with Gasteiger partial charge in [0.05, 0.1) is 11.2 Å². The molecule has 39 heavy (non-hydrogen) atoms. The van der Waals surface area contributed by atoms with Crippen molar-refractivity contribution < 1.29 is 23.5 Å². The van der Waals surface area contributed by atoms with Crippen molar-refractivity contribution in [3.05, 3.63) is 66.5 Å². The molecule has 1 aromatic carbocycles. The van der Waals surface area contributed by atoms with Gasteiger partial charge >= 0.3 is 0 Å². The first-order valence-electron chi connectivity index (χ1n) is 12.9. The molecule has 2 aromatic heterocycles. The molecule has 1 unspecified atom stereocenters. The van der Waals surface area contributed by atoms with Gasteiger partial charge in [0, 0.05) is 18.1 Å². The summed E-state index contributed by atoms with van der Waals surface area (Å²) < 4.78 is 22.7. The first-order chi connectivity index (χ1) is 18.6. The normalized spacial score (nSPS) is 18.0. The van der Waals surface area contributed by atoms with Crippen molar-refractivity contribution in [2.24, 2.45) is 5.92 Å². The summed E-state index contributed by atoms with van der Waals surface area (Å²) in [6.45, 7) is 3.85. The summed E-state index contributed by atoms with van der Waals surface area (Å²) in [5, 5.41) is 10.0. The summed E-state index contributed by atoms with van der Waals surface area (Å²) in [4.78, 5) is 50.3. The highest BCUT2D eigenvalue weighted by Crippen LogP contribution is 2.53. The number of rotatable bonds is 7. The highest BCUT2D eigenvalue weighted by atomic mass is 32.3. The van der Waals surface area contributed by atoms with Crippen LogP contribution in [0.15, 0.2) is 65.8 Å². The molecule has 0 saturated carbocycles. The lowest BCUT2D eigenvalue weighted by molar-refractivity contribution is -0.137. The minimum Gasteiger partial charge on any atom is -0.339 e. The number of ketones is 1. The van der Waals surface area contributed by atoms with Gasteiger partial charge in [-0.3, -0.25) is 23.5 Å². The van der Waals surface area contributed by atoms with E-state index < -0.39 is 39.6 Å². The second-order valence-electron chi connectivity index (χ2n) is 9.99. The van der Waals surface area contributed by atoms with Gasteiger partial charge in [-0.05, 0) is 55.9 Å². The molecule has 206 valence electrons. The molecular formula is C28H33N5O5S. The topological polar surface area (TPSA) is 157 Å². The van der Waals surface area contributed by atoms with E-state index in [1.54, 1.807) is 30.3 Å². The van der Waals surface area contributed by atoms with E-state index in [0.717, 1.165) is 10.3 Å². The molecule has 0 aliphatic carbocycles. The van der Waals surface area contributed by atoms with Crippen LogP contribution in [0, 0.1) is 11.3 Å². The Labute approximate surface area is 228 Å². The van der Waals surface area contributed by atoms with Gasteiger partial charge in [0.1, 0.15) is 16.8 Å². The van der Waals surface area contributed by atoms with Crippen LogP contribution in [-0.2, 0) is 9.59 Å². The quantitative estimate of drug-likeness (QED) is 0.336. The molecule has 1 aliphatic heterocycles. The van der Waals surface area contributed by atoms with E-state index >= 15 is 0 Å². The van der Waals surface area contributed by atoms with Crippen LogP contribution in [0.3, 0.4) is 0 Å². The van der Waals surface area contributed by atoms with Crippen LogP contribution in [0.25, 0.3) is 10.9 Å². The molecule has 10 nitrogen and oxygen atoms in total. The SMILES string of the molecule is CC(C)C[C@H](NC(=O)c1ccc2ccccc2n1)C(=O)N1CCCCC(=N)C(=O)C1S(O)(O)c1ccccn1. The lowest BCUT2D eigenvalue weighted by atomic mass is 10.00. The highest BCUT2D eigenvalue weighted by molar-refractivity contribution is 8.25. The number of hydrogen-bond acceptors (Lipinski definition) is 8. The number of aromatic nitrogens is 2. The minimum absolute atomic E-state index is 0.0119. The predicted octanol–water partition coefficient (Wildman–Crippen LogP) is 4.51. The Morgan fingerprint density at radius 3 is 2.56 bits per heavy atom. The molecule has 3 heterocycles. The molecule has 0 radical (unpaired) electrons. The first-order valence-corrected chi connectivity index (χ1v) is 14.5. The summed E-state index contributed by atoms with van der Waals surface area (Å²) in [7, 11) is -3.97. The fourth-order valence-corrected chi connectivity index (χ4v) is 6.35. The number of fused-ring (bicyclic) bond motifs is 1. The largest absolute Gasteiger partial charge is 0.339 e. The van der Waals surface area contributed by atoms with E-state index in [-0.39, 0.29) is 41.7 Å². The van der Waals surface area contributed by atoms with Crippen LogP contribution in [0.4, 0.5) is 0 Å². The van der Waals surface area contributed by atoms with Gasteiger partial charge in [0.2, 0.25) is 11.7 Å². The zero-order chi connectivity index (χ0) is 28.2. The molecule has 0 bridgehead atoms. The van der Waals surface area contributed by atoms with Crippen LogP contribution in [0.2, 0.25) is 0 Å². The van der Waals surface area contributed by atoms with Crippen LogP contribution in [0.1, 0.15) is 50.0 Å². The maximum Gasteiger partial charge on any atom is 0.270 e. The van der Waals surface area contributed by atoms with Crippen molar-refractivity contribution in [3.63, 3.8) is 0 Å². The number of Topliss-reactive ketones (excluding diaryl/α,β-unsaturated/α-hetero) is 1. The van der Waals surface area contributed by atoms with Crippen molar-refractivity contribution in [2.45, 2.75) is 56.0 Å². The van der Waals surface area contributed by atoms with E-state index in [0.29, 0.717) is 18.4 Å². The summed E-state index contributed by atoms with van der Waals surface area (Å²) in [6, 6.07) is 14.2. The standard InChI is InChI=1S/C28H33N5O5S/c1-18(2)17-23(32-26(35)22-14-13-19-9-3-4-11-21(19)31-22)27(36)33-16-8-6-10-20(29)25(34)28(33)39(37,38)24-12-5-7-15-30-24/h3-5,7,9,11-15,18,23,28-29,37-38H,6,8,10,16-17H2,1-2H3,(H,32,35)/t23-,28?/m0/s1. The van der Waals surface area contributed by atoms with E-state index in [1.807, 2.05) is 32.0 Å². The lowest BCUT2D eigenvalue weighted by Crippen LogP contribution is -2.57. The summed E-state index contributed by atoms with van der Waals surface area (Å²) in [5.41, 5.74) is 0.488. The van der Waals surface area contributed by atoms with Crippen molar-refractivity contribution in [2.75, 3.05) is 6.54 Å². The van der Waals surface area contributed by atoms with Crippen LogP contribution >= 0.6 is 10.6 Å². The van der Waals surface area contributed by atoms with Gasteiger partial charge in [0.25, 0.3) is 5.91 Å². The van der Waals surface area contributed by atoms with Gasteiger partial charge in [-0.25, -0.2) is 9.97 Å². The molecule has 1 fully saturated rings. The molecule has 2 amide bonds. The Morgan fingerprint density at radius 2 is 1.85 bits per heavy atom. The molecule has 3 aromatic rings. The Kier molecular flexibility index (Phi) is 8.73. The van der Waals surface area contributed by atoms with Gasteiger partial charge < -0.3 is 15.6 Å². The number of amides is 2. The summed E-state index contributed by atoms with van der Waals surface area (Å²) in [6.07, 6.45) is 2.73. The number of nitrogens with zero attached hydrogens (tertiary/aromatic N) is 3. The number of nitrogens with one attached hydrogen (secondary N) is 2. The number of para-hydroxylation sites is 1. The Morgan fingerprint density at radius 1 is 1.10 bits per heavy atom. The van der Waals surface area contributed by atoms with E-state index in [2.05, 4.69) is 15.3 Å². The first kappa shape index (κ1) is 28.3. The maximum atomic E-state index is 14.1. The third-order valence-electron chi connectivity index (χ3n) is 6.56. The zero-order valence-electron chi connectivity index (χ0n) is 21.9. The number of carbonyl (C=O) groups is 3.